The van der Waals surface area contributed by atoms with Crippen molar-refractivity contribution in [2.45, 2.75) is 20.8 Å². The fourth-order valence-electron chi connectivity index (χ4n) is 2.97. The lowest BCUT2D eigenvalue weighted by Crippen LogP contribution is -2.29. The van der Waals surface area contributed by atoms with Crippen LogP contribution in [0.2, 0.25) is 0 Å². The third kappa shape index (κ3) is 4.41. The summed E-state index contributed by atoms with van der Waals surface area (Å²) in [5, 5.41) is 23.4. The maximum Gasteiger partial charge on any atom is 0.273 e. The zero-order valence-corrected chi connectivity index (χ0v) is 16.5. The highest BCUT2D eigenvalue weighted by Crippen LogP contribution is 2.17. The van der Waals surface area contributed by atoms with Crippen LogP contribution in [0.1, 0.15) is 32.9 Å². The first-order chi connectivity index (χ1) is 13.9. The van der Waals surface area contributed by atoms with Gasteiger partial charge in [-0.1, -0.05) is 23.8 Å². The Morgan fingerprint density at radius 2 is 1.97 bits per heavy atom. The summed E-state index contributed by atoms with van der Waals surface area (Å²) in [4.78, 5) is 13.9. The Morgan fingerprint density at radius 3 is 2.69 bits per heavy atom. The van der Waals surface area contributed by atoms with Crippen molar-refractivity contribution in [3.63, 3.8) is 0 Å². The van der Waals surface area contributed by atoms with E-state index in [9.17, 15) is 9.18 Å². The Balaban J connectivity index is 1.63. The van der Waals surface area contributed by atoms with Gasteiger partial charge in [-0.25, -0.2) is 4.39 Å². The zero-order valence-electron chi connectivity index (χ0n) is 16.5. The molecule has 0 radical (unpaired) electrons. The van der Waals surface area contributed by atoms with E-state index in [2.05, 4.69) is 20.8 Å². The molecule has 3 rings (SSSR count). The summed E-state index contributed by atoms with van der Waals surface area (Å²) in [5.74, 6) is -0.930. The molecular formula is C21H21FN6O. The molecule has 0 fully saturated rings. The van der Waals surface area contributed by atoms with Crippen molar-refractivity contribution in [1.82, 2.24) is 20.3 Å². The average Bonchev–Trinajstić information content (AvgIpc) is 3.06. The molecule has 0 spiro atoms. The van der Waals surface area contributed by atoms with Crippen LogP contribution >= 0.6 is 0 Å². The molecule has 7 nitrogen and oxygen atoms in total. The van der Waals surface area contributed by atoms with Gasteiger partial charge in [0.25, 0.3) is 5.91 Å². The topological polar surface area (TPSA) is 95.6 Å². The number of aromatic nitrogens is 3. The number of halogens is 1. The zero-order chi connectivity index (χ0) is 21.0. The predicted molar refractivity (Wildman–Crippen MR) is 108 cm³/mol. The van der Waals surface area contributed by atoms with E-state index in [1.165, 1.54) is 16.9 Å². The Hall–Kier alpha value is -3.73. The van der Waals surface area contributed by atoms with E-state index >= 15 is 0 Å². The van der Waals surface area contributed by atoms with Gasteiger partial charge in [0.1, 0.15) is 17.4 Å². The number of hydrogen-bond donors (Lipinski definition) is 2. The molecule has 2 N–H and O–H groups in total. The van der Waals surface area contributed by atoms with Gasteiger partial charge in [0.05, 0.1) is 17.1 Å². The van der Waals surface area contributed by atoms with Gasteiger partial charge in [-0.2, -0.15) is 15.2 Å². The van der Waals surface area contributed by atoms with Gasteiger partial charge in [0, 0.05) is 13.1 Å². The standard InChI is InChI=1S/C21H21FN6O/c1-13-7-8-19(14(2)11-13)28-26-15(3)20(27-28)21(29)25-10-9-24-18-6-4-5-17(22)16(18)12-23/h4-8,11,24H,9-10H2,1-3H3,(H,25,29). The van der Waals surface area contributed by atoms with Gasteiger partial charge in [-0.05, 0) is 44.5 Å². The Bertz CT molecular complexity index is 1100. The van der Waals surface area contributed by atoms with Crippen molar-refractivity contribution in [1.29, 1.82) is 5.26 Å². The van der Waals surface area contributed by atoms with Crippen LogP contribution in [-0.2, 0) is 0 Å². The number of hydrogen-bond acceptors (Lipinski definition) is 5. The first-order valence-electron chi connectivity index (χ1n) is 9.13. The third-order valence-electron chi connectivity index (χ3n) is 4.42. The van der Waals surface area contributed by atoms with Crippen LogP contribution in [0.4, 0.5) is 10.1 Å². The molecule has 0 saturated carbocycles. The number of nitriles is 1. The van der Waals surface area contributed by atoms with Crippen molar-refractivity contribution in [3.05, 3.63) is 70.3 Å². The smallest absolute Gasteiger partial charge is 0.273 e. The first kappa shape index (κ1) is 20.0. The highest BCUT2D eigenvalue weighted by Gasteiger charge is 2.17. The first-order valence-corrected chi connectivity index (χ1v) is 9.13. The minimum Gasteiger partial charge on any atom is -0.382 e. The van der Waals surface area contributed by atoms with Crippen LogP contribution in [0.25, 0.3) is 5.69 Å². The van der Waals surface area contributed by atoms with Gasteiger partial charge in [0.15, 0.2) is 5.69 Å². The van der Waals surface area contributed by atoms with Crippen LogP contribution in [0.5, 0.6) is 0 Å². The van der Waals surface area contributed by atoms with Crippen LogP contribution in [0.15, 0.2) is 36.4 Å². The maximum absolute atomic E-state index is 13.6. The fraction of sp³-hybridized carbons (Fsp3) is 0.238. The lowest BCUT2D eigenvalue weighted by atomic mass is 10.1. The second-order valence-corrected chi connectivity index (χ2v) is 6.67. The highest BCUT2D eigenvalue weighted by atomic mass is 19.1. The second kappa shape index (κ2) is 8.52. The van der Waals surface area contributed by atoms with Crippen molar-refractivity contribution in [2.24, 2.45) is 0 Å². The lowest BCUT2D eigenvalue weighted by Gasteiger charge is -2.09. The van der Waals surface area contributed by atoms with E-state index in [0.717, 1.165) is 16.8 Å². The Kier molecular flexibility index (Phi) is 5.88. The Labute approximate surface area is 168 Å². The number of carbonyl (C=O) groups is 1. The van der Waals surface area contributed by atoms with Crippen LogP contribution in [-0.4, -0.2) is 34.0 Å². The molecule has 0 aliphatic heterocycles. The molecule has 0 aliphatic rings. The third-order valence-corrected chi connectivity index (χ3v) is 4.42. The molecule has 3 aromatic rings. The maximum atomic E-state index is 13.6. The molecule has 0 saturated heterocycles. The van der Waals surface area contributed by atoms with E-state index in [4.69, 9.17) is 5.26 Å². The van der Waals surface area contributed by atoms with E-state index in [-0.39, 0.29) is 23.7 Å². The summed E-state index contributed by atoms with van der Waals surface area (Å²) in [5.41, 5.74) is 4.07. The molecule has 0 atom stereocenters. The number of benzene rings is 2. The minimum atomic E-state index is -0.583. The van der Waals surface area contributed by atoms with E-state index in [0.29, 0.717) is 17.9 Å². The molecule has 1 amide bonds. The highest BCUT2D eigenvalue weighted by molar-refractivity contribution is 5.93. The molecule has 1 aromatic heterocycles. The van der Waals surface area contributed by atoms with E-state index in [1.54, 1.807) is 13.0 Å². The van der Waals surface area contributed by atoms with Crippen LogP contribution in [0.3, 0.4) is 0 Å². The van der Waals surface area contributed by atoms with E-state index < -0.39 is 5.82 Å². The normalized spacial score (nSPS) is 10.4. The second-order valence-electron chi connectivity index (χ2n) is 6.67. The summed E-state index contributed by atoms with van der Waals surface area (Å²) in [6.07, 6.45) is 0. The summed E-state index contributed by atoms with van der Waals surface area (Å²) < 4.78 is 13.6. The number of anilines is 1. The largest absolute Gasteiger partial charge is 0.382 e. The minimum absolute atomic E-state index is 0.0499. The number of rotatable bonds is 6. The molecule has 0 bridgehead atoms. The van der Waals surface area contributed by atoms with Crippen LogP contribution in [0, 0.1) is 37.9 Å². The molecule has 2 aromatic carbocycles. The van der Waals surface area contributed by atoms with Gasteiger partial charge in [-0.3, -0.25) is 4.79 Å². The number of nitrogens with zero attached hydrogens (tertiary/aromatic N) is 4. The van der Waals surface area contributed by atoms with Gasteiger partial charge in [-0.15, -0.1) is 5.10 Å². The van der Waals surface area contributed by atoms with Crippen molar-refractivity contribution in [2.75, 3.05) is 18.4 Å². The molecular weight excluding hydrogens is 371 g/mol. The number of carbonyl (C=O) groups excluding carboxylic acids is 1. The average molecular weight is 392 g/mol. The Morgan fingerprint density at radius 1 is 1.17 bits per heavy atom. The summed E-state index contributed by atoms with van der Waals surface area (Å²) in [6.45, 7) is 6.31. The molecule has 8 heteroatoms. The van der Waals surface area contributed by atoms with Crippen molar-refractivity contribution in [3.8, 4) is 11.8 Å². The molecule has 0 aliphatic carbocycles. The molecule has 29 heavy (non-hydrogen) atoms. The number of nitrogens with one attached hydrogen (secondary N) is 2. The monoisotopic (exact) mass is 392 g/mol. The number of aryl methyl sites for hydroxylation is 3. The molecule has 1 heterocycles. The lowest BCUT2D eigenvalue weighted by molar-refractivity contribution is 0.0949. The molecule has 148 valence electrons. The summed E-state index contributed by atoms with van der Waals surface area (Å²) >= 11 is 0. The summed E-state index contributed by atoms with van der Waals surface area (Å²) in [6, 6.07) is 12.1. The van der Waals surface area contributed by atoms with E-state index in [1.807, 2.05) is 38.1 Å². The van der Waals surface area contributed by atoms with Gasteiger partial charge >= 0.3 is 0 Å². The van der Waals surface area contributed by atoms with Gasteiger partial charge in [0.2, 0.25) is 0 Å². The predicted octanol–water partition coefficient (Wildman–Crippen LogP) is 3.05. The van der Waals surface area contributed by atoms with Gasteiger partial charge < -0.3 is 10.6 Å². The number of amides is 1. The van der Waals surface area contributed by atoms with Crippen molar-refractivity contribution >= 4 is 11.6 Å². The molecule has 0 unspecified atom stereocenters. The van der Waals surface area contributed by atoms with Crippen LogP contribution < -0.4 is 10.6 Å². The van der Waals surface area contributed by atoms with Crippen molar-refractivity contribution < 1.29 is 9.18 Å². The summed E-state index contributed by atoms with van der Waals surface area (Å²) in [7, 11) is 0. The fourth-order valence-corrected chi connectivity index (χ4v) is 2.97. The quantitative estimate of drug-likeness (QED) is 0.629. The SMILES string of the molecule is Cc1ccc(-n2nc(C)c(C(=O)NCCNc3cccc(F)c3C#N)n2)c(C)c1.